The number of alkyl halides is 1. The normalized spacial score (nSPS) is 12.1. The van der Waals surface area contributed by atoms with Gasteiger partial charge in [-0.2, -0.15) is 11.8 Å². The fourth-order valence-corrected chi connectivity index (χ4v) is 3.97. The zero-order valence-electron chi connectivity index (χ0n) is 11.5. The molecule has 0 atom stereocenters. The van der Waals surface area contributed by atoms with E-state index in [1.807, 2.05) is 25.3 Å². The molecule has 6 heteroatoms. The molecule has 0 aliphatic carbocycles. The molecule has 0 saturated carbocycles. The summed E-state index contributed by atoms with van der Waals surface area (Å²) in [6, 6.07) is 5.43. The monoisotopic (exact) mass is 321 g/mol. The molecule has 3 nitrogen and oxygen atoms in total. The molecule has 0 spiro atoms. The maximum atomic E-state index is 12.6. The van der Waals surface area contributed by atoms with Crippen molar-refractivity contribution < 1.29 is 8.42 Å². The molecule has 0 unspecified atom stereocenters. The lowest BCUT2D eigenvalue weighted by molar-refractivity contribution is 0.487. The third kappa shape index (κ3) is 4.12. The highest BCUT2D eigenvalue weighted by atomic mass is 35.5. The molecule has 0 aliphatic rings. The van der Waals surface area contributed by atoms with Crippen LogP contribution < -0.4 is 0 Å². The van der Waals surface area contributed by atoms with Crippen molar-refractivity contribution in [1.29, 1.82) is 0 Å². The predicted octanol–water partition coefficient (Wildman–Crippen LogP) is 2.97. The summed E-state index contributed by atoms with van der Waals surface area (Å²) < 4.78 is 26.5. The van der Waals surface area contributed by atoms with E-state index in [0.29, 0.717) is 23.7 Å². The Kier molecular flexibility index (Phi) is 6.66. The average molecular weight is 322 g/mol. The first-order chi connectivity index (χ1) is 8.97. The fraction of sp³-hybridized carbons (Fsp3) is 0.538. The Morgan fingerprint density at radius 2 is 2.05 bits per heavy atom. The van der Waals surface area contributed by atoms with Crippen LogP contribution in [0.4, 0.5) is 0 Å². The molecule has 0 amide bonds. The number of sulfonamides is 1. The van der Waals surface area contributed by atoms with E-state index in [2.05, 4.69) is 0 Å². The minimum atomic E-state index is -3.43. The van der Waals surface area contributed by atoms with Crippen molar-refractivity contribution in [2.45, 2.75) is 24.1 Å². The van der Waals surface area contributed by atoms with Gasteiger partial charge < -0.3 is 0 Å². The summed E-state index contributed by atoms with van der Waals surface area (Å²) in [7, 11) is -1.80. The molecule has 0 N–H and O–H groups in total. The summed E-state index contributed by atoms with van der Waals surface area (Å²) in [4.78, 5) is 0.386. The van der Waals surface area contributed by atoms with Crippen molar-refractivity contribution >= 4 is 33.4 Å². The van der Waals surface area contributed by atoms with Crippen LogP contribution in [0, 0.1) is 0 Å². The summed E-state index contributed by atoms with van der Waals surface area (Å²) in [6.07, 6.45) is 2.65. The van der Waals surface area contributed by atoms with Crippen molar-refractivity contribution in [2.75, 3.05) is 25.6 Å². The number of halogens is 1. The van der Waals surface area contributed by atoms with E-state index in [-0.39, 0.29) is 0 Å². The van der Waals surface area contributed by atoms with E-state index in [1.165, 1.54) is 4.31 Å². The van der Waals surface area contributed by atoms with E-state index >= 15 is 0 Å². The Hall–Kier alpha value is -0.230. The van der Waals surface area contributed by atoms with Crippen molar-refractivity contribution in [3.05, 3.63) is 29.3 Å². The van der Waals surface area contributed by atoms with Gasteiger partial charge in [0.25, 0.3) is 0 Å². The lowest BCUT2D eigenvalue weighted by Crippen LogP contribution is -2.29. The van der Waals surface area contributed by atoms with Gasteiger partial charge >= 0.3 is 0 Å². The van der Waals surface area contributed by atoms with Gasteiger partial charge in [0.1, 0.15) is 0 Å². The third-order valence-corrected chi connectivity index (χ3v) is 5.80. The first-order valence-electron chi connectivity index (χ1n) is 6.10. The lowest BCUT2D eigenvalue weighted by atomic mass is 10.1. The quantitative estimate of drug-likeness (QED) is 0.725. The van der Waals surface area contributed by atoms with Gasteiger partial charge in [-0.1, -0.05) is 19.1 Å². The van der Waals surface area contributed by atoms with Crippen LogP contribution in [-0.2, 0) is 22.3 Å². The third-order valence-electron chi connectivity index (χ3n) is 2.97. The number of benzene rings is 1. The maximum absolute atomic E-state index is 12.6. The average Bonchev–Trinajstić information content (AvgIpc) is 2.43. The molecule has 108 valence electrons. The number of thioether (sulfide) groups is 1. The van der Waals surface area contributed by atoms with Crippen molar-refractivity contribution in [3.63, 3.8) is 0 Å². The molecule has 0 aromatic heterocycles. The van der Waals surface area contributed by atoms with Crippen LogP contribution in [0.15, 0.2) is 23.1 Å². The highest BCUT2D eigenvalue weighted by molar-refractivity contribution is 7.98. The Morgan fingerprint density at radius 3 is 2.58 bits per heavy atom. The number of aryl methyl sites for hydroxylation is 1. The van der Waals surface area contributed by atoms with E-state index < -0.39 is 10.0 Å². The molecule has 0 aliphatic heterocycles. The minimum absolute atomic E-state index is 0.320. The predicted molar refractivity (Wildman–Crippen MR) is 83.6 cm³/mol. The van der Waals surface area contributed by atoms with Gasteiger partial charge in [0.05, 0.1) is 4.90 Å². The van der Waals surface area contributed by atoms with Crippen LogP contribution in [0.1, 0.15) is 18.1 Å². The molecule has 0 bridgehead atoms. The lowest BCUT2D eigenvalue weighted by Gasteiger charge is -2.19. The van der Waals surface area contributed by atoms with Gasteiger partial charge in [-0.3, -0.25) is 0 Å². The molecule has 19 heavy (non-hydrogen) atoms. The van der Waals surface area contributed by atoms with Gasteiger partial charge in [0.15, 0.2) is 0 Å². The van der Waals surface area contributed by atoms with Gasteiger partial charge in [-0.25, -0.2) is 12.7 Å². The van der Waals surface area contributed by atoms with E-state index in [9.17, 15) is 8.42 Å². The number of nitrogens with zero attached hydrogens (tertiary/aromatic N) is 1. The molecule has 0 fully saturated rings. The van der Waals surface area contributed by atoms with E-state index in [1.54, 1.807) is 24.9 Å². The van der Waals surface area contributed by atoms with Gasteiger partial charge in [-0.15, -0.1) is 11.6 Å². The zero-order valence-corrected chi connectivity index (χ0v) is 13.9. The van der Waals surface area contributed by atoms with Crippen molar-refractivity contribution in [2.24, 2.45) is 0 Å². The van der Waals surface area contributed by atoms with E-state index in [4.69, 9.17) is 11.6 Å². The Balaban J connectivity index is 3.18. The summed E-state index contributed by atoms with van der Waals surface area (Å²) >= 11 is 7.43. The molecule has 0 saturated heterocycles. The van der Waals surface area contributed by atoms with Crippen molar-refractivity contribution in [1.82, 2.24) is 4.31 Å². The van der Waals surface area contributed by atoms with Gasteiger partial charge in [-0.05, 0) is 29.9 Å². The number of rotatable bonds is 7. The Bertz CT molecular complexity index is 517. The highest BCUT2D eigenvalue weighted by Gasteiger charge is 2.23. The van der Waals surface area contributed by atoms with Crippen LogP contribution in [0.2, 0.25) is 0 Å². The highest BCUT2D eigenvalue weighted by Crippen LogP contribution is 2.22. The molecule has 1 rings (SSSR count). The molecular formula is C13H20ClNO2S2. The molecular weight excluding hydrogens is 302 g/mol. The molecule has 1 aromatic rings. The molecule has 0 heterocycles. The maximum Gasteiger partial charge on any atom is 0.243 e. The summed E-state index contributed by atoms with van der Waals surface area (Å²) in [5, 5.41) is 0. The minimum Gasteiger partial charge on any atom is -0.207 e. The van der Waals surface area contributed by atoms with Crippen LogP contribution in [0.25, 0.3) is 0 Å². The van der Waals surface area contributed by atoms with Gasteiger partial charge in [0, 0.05) is 25.2 Å². The SMILES string of the molecule is CCc1ccc(CCl)cc1S(=O)(=O)N(C)CCSC. The standard InChI is InChI=1S/C13H20ClNO2S2/c1-4-12-6-5-11(10-14)9-13(12)19(16,17)15(2)7-8-18-3/h5-6,9H,4,7-8,10H2,1-3H3. The zero-order chi connectivity index (χ0) is 14.5. The second-order valence-corrected chi connectivity index (χ2v) is 7.51. The van der Waals surface area contributed by atoms with E-state index in [0.717, 1.165) is 16.9 Å². The molecule has 0 radical (unpaired) electrons. The van der Waals surface area contributed by atoms with Crippen LogP contribution in [0.3, 0.4) is 0 Å². The second kappa shape index (κ2) is 7.53. The molecule has 1 aromatic carbocycles. The topological polar surface area (TPSA) is 37.4 Å². The first-order valence-corrected chi connectivity index (χ1v) is 9.47. The summed E-state index contributed by atoms with van der Waals surface area (Å²) in [6.45, 7) is 2.47. The largest absolute Gasteiger partial charge is 0.243 e. The number of hydrogen-bond donors (Lipinski definition) is 0. The Morgan fingerprint density at radius 1 is 1.37 bits per heavy atom. The van der Waals surface area contributed by atoms with Crippen LogP contribution in [0.5, 0.6) is 0 Å². The summed E-state index contributed by atoms with van der Waals surface area (Å²) in [5.74, 6) is 1.10. The smallest absolute Gasteiger partial charge is 0.207 e. The van der Waals surface area contributed by atoms with Crippen LogP contribution in [-0.4, -0.2) is 38.3 Å². The Labute approximate surface area is 125 Å². The number of hydrogen-bond acceptors (Lipinski definition) is 3. The fourth-order valence-electron chi connectivity index (χ4n) is 1.72. The second-order valence-electron chi connectivity index (χ2n) is 4.25. The van der Waals surface area contributed by atoms with Crippen molar-refractivity contribution in [3.8, 4) is 0 Å². The van der Waals surface area contributed by atoms with Crippen LogP contribution >= 0.6 is 23.4 Å². The van der Waals surface area contributed by atoms with Gasteiger partial charge in [0.2, 0.25) is 10.0 Å². The summed E-state index contributed by atoms with van der Waals surface area (Å²) in [5.41, 5.74) is 1.67. The first kappa shape index (κ1) is 16.8.